The van der Waals surface area contributed by atoms with E-state index in [0.717, 1.165) is 45.3 Å². The molecule has 0 radical (unpaired) electrons. The number of nitrogens with zero attached hydrogens (tertiary/aromatic N) is 1. The first-order chi connectivity index (χ1) is 8.94. The lowest BCUT2D eigenvalue weighted by atomic mass is 9.79. The fraction of sp³-hybridized carbons (Fsp3) is 0.938. The van der Waals surface area contributed by atoms with Gasteiger partial charge >= 0.3 is 0 Å². The van der Waals surface area contributed by atoms with Gasteiger partial charge in [-0.05, 0) is 44.7 Å². The molecule has 0 spiro atoms. The lowest BCUT2D eigenvalue weighted by Gasteiger charge is -2.41. The van der Waals surface area contributed by atoms with Crippen molar-refractivity contribution in [2.75, 3.05) is 19.6 Å². The molecule has 3 heteroatoms. The molecule has 1 saturated heterocycles. The number of rotatable bonds is 6. The fourth-order valence-corrected chi connectivity index (χ4v) is 3.06. The third-order valence-electron chi connectivity index (χ3n) is 4.43. The van der Waals surface area contributed by atoms with Crippen LogP contribution in [0.2, 0.25) is 0 Å². The summed E-state index contributed by atoms with van der Waals surface area (Å²) in [6.45, 7) is 13.8. The lowest BCUT2D eigenvalue weighted by Crippen LogP contribution is -2.52. The Balaban J connectivity index is 2.85. The summed E-state index contributed by atoms with van der Waals surface area (Å²) >= 11 is 0. The van der Waals surface area contributed by atoms with Gasteiger partial charge in [-0.25, -0.2) is 0 Å². The highest BCUT2D eigenvalue weighted by atomic mass is 16.2. The third-order valence-corrected chi connectivity index (χ3v) is 4.43. The van der Waals surface area contributed by atoms with Crippen LogP contribution in [-0.4, -0.2) is 36.5 Å². The van der Waals surface area contributed by atoms with E-state index in [1.807, 2.05) is 0 Å². The SMILES string of the molecule is CCC(CC)N(CC(C)C)C(=O)C1(C)CCNCC1. The number of piperidine rings is 1. The van der Waals surface area contributed by atoms with E-state index < -0.39 is 0 Å². The summed E-state index contributed by atoms with van der Waals surface area (Å²) < 4.78 is 0. The highest BCUT2D eigenvalue weighted by Gasteiger charge is 2.39. The van der Waals surface area contributed by atoms with E-state index >= 15 is 0 Å². The molecule has 0 bridgehead atoms. The maximum Gasteiger partial charge on any atom is 0.228 e. The van der Waals surface area contributed by atoms with Crippen molar-refractivity contribution in [3.05, 3.63) is 0 Å². The van der Waals surface area contributed by atoms with Crippen LogP contribution >= 0.6 is 0 Å². The standard InChI is InChI=1S/C16H32N2O/c1-6-14(7-2)18(12-13(3)4)15(19)16(5)8-10-17-11-9-16/h13-14,17H,6-12H2,1-5H3. The van der Waals surface area contributed by atoms with Gasteiger partial charge in [0.05, 0.1) is 0 Å². The van der Waals surface area contributed by atoms with E-state index in [-0.39, 0.29) is 5.41 Å². The van der Waals surface area contributed by atoms with E-state index in [9.17, 15) is 4.79 Å². The van der Waals surface area contributed by atoms with Gasteiger partial charge < -0.3 is 10.2 Å². The molecular weight excluding hydrogens is 236 g/mol. The lowest BCUT2D eigenvalue weighted by molar-refractivity contribution is -0.146. The molecule has 0 atom stereocenters. The predicted octanol–water partition coefficient (Wildman–Crippen LogP) is 3.05. The Morgan fingerprint density at radius 3 is 2.16 bits per heavy atom. The summed E-state index contributed by atoms with van der Waals surface area (Å²) in [5, 5.41) is 3.36. The molecule has 1 N–H and O–H groups in total. The van der Waals surface area contributed by atoms with Gasteiger partial charge in [-0.1, -0.05) is 34.6 Å². The van der Waals surface area contributed by atoms with Crippen LogP contribution in [0.1, 0.15) is 60.3 Å². The molecule has 112 valence electrons. The van der Waals surface area contributed by atoms with Crippen LogP contribution in [0.4, 0.5) is 0 Å². The van der Waals surface area contributed by atoms with Crippen molar-refractivity contribution in [1.82, 2.24) is 10.2 Å². The smallest absolute Gasteiger partial charge is 0.228 e. The molecule has 19 heavy (non-hydrogen) atoms. The van der Waals surface area contributed by atoms with Crippen molar-refractivity contribution in [2.45, 2.75) is 66.3 Å². The Labute approximate surface area is 119 Å². The zero-order chi connectivity index (χ0) is 14.5. The van der Waals surface area contributed by atoms with Crippen molar-refractivity contribution in [3.63, 3.8) is 0 Å². The molecule has 0 aromatic heterocycles. The summed E-state index contributed by atoms with van der Waals surface area (Å²) in [5.41, 5.74) is -0.150. The minimum atomic E-state index is -0.150. The Hall–Kier alpha value is -0.570. The Kier molecular flexibility index (Phi) is 6.31. The zero-order valence-corrected chi connectivity index (χ0v) is 13.5. The molecular formula is C16H32N2O. The summed E-state index contributed by atoms with van der Waals surface area (Å²) in [7, 11) is 0. The summed E-state index contributed by atoms with van der Waals surface area (Å²) in [6, 6.07) is 0.404. The summed E-state index contributed by atoms with van der Waals surface area (Å²) in [4.78, 5) is 15.2. The first kappa shape index (κ1) is 16.5. The molecule has 1 aliphatic rings. The third kappa shape index (κ3) is 4.20. The van der Waals surface area contributed by atoms with Crippen LogP contribution in [0.15, 0.2) is 0 Å². The molecule has 1 rings (SSSR count). The largest absolute Gasteiger partial charge is 0.339 e. The number of hydrogen-bond acceptors (Lipinski definition) is 2. The van der Waals surface area contributed by atoms with Gasteiger partial charge in [0.2, 0.25) is 5.91 Å². The molecule has 0 unspecified atom stereocenters. The number of carbonyl (C=O) groups is 1. The van der Waals surface area contributed by atoms with Gasteiger partial charge in [0, 0.05) is 18.0 Å². The minimum absolute atomic E-state index is 0.150. The van der Waals surface area contributed by atoms with E-state index in [4.69, 9.17) is 0 Å². The average Bonchev–Trinajstić information content (AvgIpc) is 2.38. The van der Waals surface area contributed by atoms with Crippen molar-refractivity contribution in [3.8, 4) is 0 Å². The van der Waals surface area contributed by atoms with Crippen LogP contribution in [0.3, 0.4) is 0 Å². The maximum absolute atomic E-state index is 13.0. The molecule has 0 aromatic carbocycles. The van der Waals surface area contributed by atoms with Crippen molar-refractivity contribution >= 4 is 5.91 Å². The van der Waals surface area contributed by atoms with Gasteiger partial charge in [0.15, 0.2) is 0 Å². The van der Waals surface area contributed by atoms with Gasteiger partial charge in [-0.2, -0.15) is 0 Å². The van der Waals surface area contributed by atoms with Crippen LogP contribution in [0.5, 0.6) is 0 Å². The second-order valence-electron chi connectivity index (χ2n) is 6.63. The molecule has 0 saturated carbocycles. The van der Waals surface area contributed by atoms with Crippen molar-refractivity contribution < 1.29 is 4.79 Å². The molecule has 0 aliphatic carbocycles. The Morgan fingerprint density at radius 2 is 1.74 bits per heavy atom. The fourth-order valence-electron chi connectivity index (χ4n) is 3.06. The van der Waals surface area contributed by atoms with Crippen LogP contribution in [0.25, 0.3) is 0 Å². The molecule has 3 nitrogen and oxygen atoms in total. The number of nitrogens with one attached hydrogen (secondary N) is 1. The Morgan fingerprint density at radius 1 is 1.21 bits per heavy atom. The minimum Gasteiger partial charge on any atom is -0.339 e. The number of carbonyl (C=O) groups excluding carboxylic acids is 1. The van der Waals surface area contributed by atoms with E-state index in [1.54, 1.807) is 0 Å². The second kappa shape index (κ2) is 7.28. The number of hydrogen-bond donors (Lipinski definition) is 1. The Bertz CT molecular complexity index is 278. The quantitative estimate of drug-likeness (QED) is 0.803. The molecule has 1 fully saturated rings. The monoisotopic (exact) mass is 268 g/mol. The van der Waals surface area contributed by atoms with Crippen molar-refractivity contribution in [1.29, 1.82) is 0 Å². The normalized spacial score (nSPS) is 18.9. The highest BCUT2D eigenvalue weighted by molar-refractivity contribution is 5.82. The predicted molar refractivity (Wildman–Crippen MR) is 81.1 cm³/mol. The molecule has 0 aromatic rings. The highest BCUT2D eigenvalue weighted by Crippen LogP contribution is 2.32. The van der Waals surface area contributed by atoms with E-state index in [1.165, 1.54) is 0 Å². The summed E-state index contributed by atoms with van der Waals surface area (Å²) in [6.07, 6.45) is 4.06. The maximum atomic E-state index is 13.0. The van der Waals surface area contributed by atoms with Gasteiger partial charge in [0.1, 0.15) is 0 Å². The summed E-state index contributed by atoms with van der Waals surface area (Å²) in [5.74, 6) is 0.922. The van der Waals surface area contributed by atoms with Crippen LogP contribution in [0, 0.1) is 11.3 Å². The van der Waals surface area contributed by atoms with Gasteiger partial charge in [-0.15, -0.1) is 0 Å². The molecule has 1 heterocycles. The zero-order valence-electron chi connectivity index (χ0n) is 13.5. The van der Waals surface area contributed by atoms with Crippen LogP contribution < -0.4 is 5.32 Å². The topological polar surface area (TPSA) is 32.3 Å². The van der Waals surface area contributed by atoms with Gasteiger partial charge in [0.25, 0.3) is 0 Å². The average molecular weight is 268 g/mol. The van der Waals surface area contributed by atoms with E-state index in [0.29, 0.717) is 17.9 Å². The van der Waals surface area contributed by atoms with Crippen LogP contribution in [-0.2, 0) is 4.79 Å². The first-order valence-corrected chi connectivity index (χ1v) is 7.96. The van der Waals surface area contributed by atoms with Crippen molar-refractivity contribution in [2.24, 2.45) is 11.3 Å². The van der Waals surface area contributed by atoms with Gasteiger partial charge in [-0.3, -0.25) is 4.79 Å². The molecule has 1 aliphatic heterocycles. The molecule has 1 amide bonds. The van der Waals surface area contributed by atoms with E-state index in [2.05, 4.69) is 44.8 Å². The first-order valence-electron chi connectivity index (χ1n) is 7.96. The number of amides is 1. The second-order valence-corrected chi connectivity index (χ2v) is 6.63.